The van der Waals surface area contributed by atoms with E-state index < -0.39 is 0 Å². The minimum atomic E-state index is 0.944. The van der Waals surface area contributed by atoms with Crippen LogP contribution in [0, 0.1) is 0 Å². The van der Waals surface area contributed by atoms with E-state index in [1.54, 1.807) is 0 Å². The van der Waals surface area contributed by atoms with Crippen LogP contribution in [0.25, 0.3) is 0 Å². The number of nitrogens with zero attached hydrogens (tertiary/aromatic N) is 3. The molecule has 0 aromatic rings. The summed E-state index contributed by atoms with van der Waals surface area (Å²) in [4.78, 5) is 9.30. The molecule has 0 saturated carbocycles. The van der Waals surface area contributed by atoms with Gasteiger partial charge in [0.2, 0.25) is 0 Å². The van der Waals surface area contributed by atoms with Crippen LogP contribution in [0.2, 0.25) is 0 Å². The number of guanidine groups is 1. The first-order chi connectivity index (χ1) is 10.8. The second-order valence-corrected chi connectivity index (χ2v) is 6.96. The molecule has 0 amide bonds. The summed E-state index contributed by atoms with van der Waals surface area (Å²) in [6.07, 6.45) is 7.12. The van der Waals surface area contributed by atoms with E-state index in [9.17, 15) is 0 Å². The van der Waals surface area contributed by atoms with Gasteiger partial charge in [0, 0.05) is 33.2 Å². The summed E-state index contributed by atoms with van der Waals surface area (Å²) < 4.78 is 0. The summed E-state index contributed by atoms with van der Waals surface area (Å²) in [5, 5.41) is 6.81. The van der Waals surface area contributed by atoms with E-state index in [1.165, 1.54) is 64.2 Å². The van der Waals surface area contributed by atoms with E-state index in [4.69, 9.17) is 0 Å². The predicted molar refractivity (Wildman–Crippen MR) is 100 cm³/mol. The van der Waals surface area contributed by atoms with Gasteiger partial charge in [0.25, 0.3) is 0 Å². The Morgan fingerprint density at radius 3 is 2.55 bits per heavy atom. The third-order valence-corrected chi connectivity index (χ3v) is 4.74. The van der Waals surface area contributed by atoms with Gasteiger partial charge < -0.3 is 20.4 Å². The summed E-state index contributed by atoms with van der Waals surface area (Å²) in [7, 11) is 4.07. The first kappa shape index (κ1) is 19.6. The van der Waals surface area contributed by atoms with Crippen molar-refractivity contribution in [3.05, 3.63) is 0 Å². The van der Waals surface area contributed by atoms with Gasteiger partial charge in [-0.2, -0.15) is 11.8 Å². The zero-order valence-electron chi connectivity index (χ0n) is 14.7. The van der Waals surface area contributed by atoms with Crippen molar-refractivity contribution in [3.8, 4) is 0 Å². The molecule has 1 fully saturated rings. The van der Waals surface area contributed by atoms with Crippen molar-refractivity contribution < 1.29 is 0 Å². The first-order valence-corrected chi connectivity index (χ1v) is 10.00. The van der Waals surface area contributed by atoms with Gasteiger partial charge in [-0.3, -0.25) is 4.99 Å². The molecular weight excluding hydrogens is 294 g/mol. The fourth-order valence-electron chi connectivity index (χ4n) is 2.63. The van der Waals surface area contributed by atoms with Crippen molar-refractivity contribution in [2.24, 2.45) is 4.99 Å². The molecule has 0 unspecified atom stereocenters. The summed E-state index contributed by atoms with van der Waals surface area (Å²) >= 11 is 1.92. The minimum Gasteiger partial charge on any atom is -0.356 e. The second kappa shape index (κ2) is 13.0. The molecule has 5 nitrogen and oxygen atoms in total. The Balaban J connectivity index is 2.04. The third kappa shape index (κ3) is 9.54. The largest absolute Gasteiger partial charge is 0.356 e. The minimum absolute atomic E-state index is 0.944. The highest BCUT2D eigenvalue weighted by molar-refractivity contribution is 7.98. The summed E-state index contributed by atoms with van der Waals surface area (Å²) in [5.74, 6) is 2.19. The lowest BCUT2D eigenvalue weighted by atomic mass is 10.3. The average Bonchev–Trinajstić information content (AvgIpc) is 2.73. The number of hydrogen-bond acceptors (Lipinski definition) is 4. The maximum Gasteiger partial charge on any atom is 0.190 e. The second-order valence-electron chi connectivity index (χ2n) is 5.98. The van der Waals surface area contributed by atoms with E-state index in [0.717, 1.165) is 19.0 Å². The molecule has 130 valence electrons. The van der Waals surface area contributed by atoms with Gasteiger partial charge in [-0.15, -0.1) is 0 Å². The molecule has 2 N–H and O–H groups in total. The Morgan fingerprint density at radius 2 is 1.82 bits per heavy atom. The topological polar surface area (TPSA) is 42.9 Å². The highest BCUT2D eigenvalue weighted by Gasteiger charge is 2.11. The maximum atomic E-state index is 4.28. The van der Waals surface area contributed by atoms with Crippen molar-refractivity contribution in [2.75, 3.05) is 71.9 Å². The fraction of sp³-hybridized carbons (Fsp3) is 0.938. The van der Waals surface area contributed by atoms with Crippen LogP contribution in [0.5, 0.6) is 0 Å². The van der Waals surface area contributed by atoms with E-state index in [-0.39, 0.29) is 0 Å². The molecule has 1 aliphatic heterocycles. The van der Waals surface area contributed by atoms with Gasteiger partial charge in [-0.05, 0) is 64.4 Å². The molecule has 0 aromatic carbocycles. The summed E-state index contributed by atoms with van der Waals surface area (Å²) in [6.45, 7) is 8.08. The molecular formula is C16H35N5S. The van der Waals surface area contributed by atoms with Crippen LogP contribution in [0.4, 0.5) is 0 Å². The molecule has 6 heteroatoms. The fourth-order valence-corrected chi connectivity index (χ4v) is 3.12. The molecule has 0 atom stereocenters. The van der Waals surface area contributed by atoms with E-state index >= 15 is 0 Å². The lowest BCUT2D eigenvalue weighted by Crippen LogP contribution is -2.39. The monoisotopic (exact) mass is 329 g/mol. The normalized spacial score (nSPS) is 18.2. The highest BCUT2D eigenvalue weighted by Crippen LogP contribution is 2.01. The van der Waals surface area contributed by atoms with Gasteiger partial charge in [0.1, 0.15) is 0 Å². The van der Waals surface area contributed by atoms with Gasteiger partial charge in [0.05, 0.1) is 0 Å². The van der Waals surface area contributed by atoms with Gasteiger partial charge in [-0.25, -0.2) is 0 Å². The molecule has 1 heterocycles. The SMILES string of the molecule is CN=C(NCCCCSC)NCCCN1CCCN(C)CC1. The first-order valence-electron chi connectivity index (χ1n) is 8.60. The van der Waals surface area contributed by atoms with Crippen molar-refractivity contribution in [1.29, 1.82) is 0 Å². The summed E-state index contributed by atoms with van der Waals surface area (Å²) in [5.41, 5.74) is 0. The van der Waals surface area contributed by atoms with E-state index in [0.29, 0.717) is 0 Å². The van der Waals surface area contributed by atoms with Crippen molar-refractivity contribution in [1.82, 2.24) is 20.4 Å². The standard InChI is InChI=1S/C16H35N5S/c1-17-16(18-8-4-5-15-22-3)19-9-6-11-21-12-7-10-20(2)13-14-21/h4-15H2,1-3H3,(H2,17,18,19). The van der Waals surface area contributed by atoms with Crippen molar-refractivity contribution in [3.63, 3.8) is 0 Å². The molecule has 22 heavy (non-hydrogen) atoms. The van der Waals surface area contributed by atoms with Crippen LogP contribution in [-0.4, -0.2) is 87.7 Å². The van der Waals surface area contributed by atoms with Crippen LogP contribution in [0.15, 0.2) is 4.99 Å². The van der Waals surface area contributed by atoms with E-state index in [1.807, 2.05) is 18.8 Å². The van der Waals surface area contributed by atoms with Crippen LogP contribution < -0.4 is 10.6 Å². The molecule has 0 bridgehead atoms. The van der Waals surface area contributed by atoms with Crippen LogP contribution in [0.1, 0.15) is 25.7 Å². The van der Waals surface area contributed by atoms with Gasteiger partial charge >= 0.3 is 0 Å². The number of aliphatic imine (C=N–C) groups is 1. The Bertz CT molecular complexity index is 298. The number of likely N-dealkylation sites (N-methyl/N-ethyl adjacent to an activating group) is 1. The quantitative estimate of drug-likeness (QED) is 0.379. The molecule has 1 aliphatic rings. The Hall–Kier alpha value is -0.460. The molecule has 1 rings (SSSR count). The lowest BCUT2D eigenvalue weighted by molar-refractivity contribution is 0.274. The Morgan fingerprint density at radius 1 is 1.05 bits per heavy atom. The molecule has 1 saturated heterocycles. The molecule has 0 aromatic heterocycles. The van der Waals surface area contributed by atoms with Crippen LogP contribution >= 0.6 is 11.8 Å². The number of rotatable bonds is 9. The Labute approximate surface area is 141 Å². The molecule has 0 aliphatic carbocycles. The Kier molecular flexibility index (Phi) is 11.6. The number of nitrogens with one attached hydrogen (secondary N) is 2. The van der Waals surface area contributed by atoms with Gasteiger partial charge in [0.15, 0.2) is 5.96 Å². The molecule has 0 spiro atoms. The van der Waals surface area contributed by atoms with Crippen molar-refractivity contribution >= 4 is 17.7 Å². The smallest absolute Gasteiger partial charge is 0.190 e. The maximum absolute atomic E-state index is 4.28. The van der Waals surface area contributed by atoms with Crippen molar-refractivity contribution in [2.45, 2.75) is 25.7 Å². The number of hydrogen-bond donors (Lipinski definition) is 2. The molecule has 0 radical (unpaired) electrons. The van der Waals surface area contributed by atoms with Gasteiger partial charge in [-0.1, -0.05) is 0 Å². The number of thioether (sulfide) groups is 1. The van der Waals surface area contributed by atoms with Crippen LogP contribution in [0.3, 0.4) is 0 Å². The summed E-state index contributed by atoms with van der Waals surface area (Å²) in [6, 6.07) is 0. The zero-order chi connectivity index (χ0) is 16.0. The average molecular weight is 330 g/mol. The van der Waals surface area contributed by atoms with E-state index in [2.05, 4.69) is 38.7 Å². The third-order valence-electron chi connectivity index (χ3n) is 4.05. The predicted octanol–water partition coefficient (Wildman–Crippen LogP) is 1.32. The lowest BCUT2D eigenvalue weighted by Gasteiger charge is -2.20. The number of unbranched alkanes of at least 4 members (excludes halogenated alkanes) is 1. The van der Waals surface area contributed by atoms with Crippen LogP contribution in [-0.2, 0) is 0 Å². The highest BCUT2D eigenvalue weighted by atomic mass is 32.2. The zero-order valence-corrected chi connectivity index (χ0v) is 15.6.